The van der Waals surface area contributed by atoms with E-state index in [2.05, 4.69) is 15.9 Å². The molecule has 0 amide bonds. The van der Waals surface area contributed by atoms with Gasteiger partial charge < -0.3 is 4.84 Å². The summed E-state index contributed by atoms with van der Waals surface area (Å²) in [7, 11) is 0. The van der Waals surface area contributed by atoms with Crippen molar-refractivity contribution in [1.29, 1.82) is 0 Å². The molecule has 1 aliphatic rings. The Morgan fingerprint density at radius 3 is 2.50 bits per heavy atom. The molecular formula is C10H18BrNO2. The van der Waals surface area contributed by atoms with Gasteiger partial charge in [0.1, 0.15) is 0 Å². The molecule has 1 heterocycles. The Hall–Kier alpha value is -0.0900. The van der Waals surface area contributed by atoms with Crippen molar-refractivity contribution < 1.29 is 9.63 Å². The predicted molar refractivity (Wildman–Crippen MR) is 59.0 cm³/mol. The van der Waals surface area contributed by atoms with Gasteiger partial charge in [0, 0.05) is 18.4 Å². The normalized spacial score (nSPS) is 19.1. The lowest BCUT2D eigenvalue weighted by Gasteiger charge is -2.38. The molecule has 14 heavy (non-hydrogen) atoms. The van der Waals surface area contributed by atoms with Crippen LogP contribution in [0.4, 0.5) is 0 Å². The van der Waals surface area contributed by atoms with Gasteiger partial charge in [0.05, 0.1) is 5.41 Å². The van der Waals surface area contributed by atoms with Crippen molar-refractivity contribution in [2.24, 2.45) is 11.3 Å². The molecule has 1 saturated heterocycles. The fourth-order valence-corrected chi connectivity index (χ4v) is 1.84. The third-order valence-electron chi connectivity index (χ3n) is 2.27. The number of rotatable bonds is 3. The maximum absolute atomic E-state index is 11.5. The smallest absolute Gasteiger partial charge is 0.330 e. The number of alkyl halides is 1. The molecule has 0 aromatic rings. The van der Waals surface area contributed by atoms with Crippen molar-refractivity contribution in [3.05, 3.63) is 0 Å². The minimum atomic E-state index is -0.402. The van der Waals surface area contributed by atoms with Crippen molar-refractivity contribution in [1.82, 2.24) is 5.06 Å². The van der Waals surface area contributed by atoms with Gasteiger partial charge in [-0.3, -0.25) is 0 Å². The number of hydroxylamine groups is 2. The molecule has 0 N–H and O–H groups in total. The first-order valence-corrected chi connectivity index (χ1v) is 6.09. The molecule has 1 rings (SSSR count). The highest BCUT2D eigenvalue weighted by atomic mass is 79.9. The third-order valence-corrected chi connectivity index (χ3v) is 2.72. The summed E-state index contributed by atoms with van der Waals surface area (Å²) in [5, 5.41) is 2.78. The predicted octanol–water partition coefficient (Wildman–Crippen LogP) is 2.21. The van der Waals surface area contributed by atoms with E-state index in [9.17, 15) is 4.79 Å². The SMILES string of the molecule is CC(C)(C)C(=O)ON1CC(CCBr)C1. The number of carbonyl (C=O) groups is 1. The second-order valence-corrected chi connectivity index (χ2v) is 5.61. The molecule has 0 aromatic carbocycles. The Morgan fingerprint density at radius 2 is 2.07 bits per heavy atom. The molecule has 82 valence electrons. The second kappa shape index (κ2) is 4.62. The van der Waals surface area contributed by atoms with Gasteiger partial charge in [0.2, 0.25) is 0 Å². The molecule has 1 fully saturated rings. The lowest BCUT2D eigenvalue weighted by Crippen LogP contribution is -2.48. The summed E-state index contributed by atoms with van der Waals surface area (Å²) in [6, 6.07) is 0. The molecule has 0 aromatic heterocycles. The third kappa shape index (κ3) is 3.24. The monoisotopic (exact) mass is 263 g/mol. The minimum Gasteiger partial charge on any atom is -0.367 e. The first-order chi connectivity index (χ1) is 6.43. The van der Waals surface area contributed by atoms with Crippen LogP contribution in [0.3, 0.4) is 0 Å². The standard InChI is InChI=1S/C10H18BrNO2/c1-10(2,3)9(13)14-12-6-8(7-12)4-5-11/h8H,4-7H2,1-3H3. The fraction of sp³-hybridized carbons (Fsp3) is 0.900. The van der Waals surface area contributed by atoms with Gasteiger partial charge in [-0.1, -0.05) is 15.9 Å². The maximum atomic E-state index is 11.5. The zero-order valence-electron chi connectivity index (χ0n) is 9.05. The van der Waals surface area contributed by atoms with E-state index in [1.807, 2.05) is 20.8 Å². The van der Waals surface area contributed by atoms with Crippen molar-refractivity contribution in [2.45, 2.75) is 27.2 Å². The largest absolute Gasteiger partial charge is 0.367 e. The summed E-state index contributed by atoms with van der Waals surface area (Å²) in [6.07, 6.45) is 1.16. The van der Waals surface area contributed by atoms with Crippen LogP contribution in [0.25, 0.3) is 0 Å². The fourth-order valence-electron chi connectivity index (χ4n) is 1.19. The quantitative estimate of drug-likeness (QED) is 0.732. The molecule has 0 spiro atoms. The van der Waals surface area contributed by atoms with E-state index >= 15 is 0 Å². The molecule has 0 radical (unpaired) electrons. The van der Waals surface area contributed by atoms with Crippen molar-refractivity contribution in [2.75, 3.05) is 18.4 Å². The van der Waals surface area contributed by atoms with Gasteiger partial charge in [-0.15, -0.1) is 5.06 Å². The number of nitrogens with zero attached hydrogens (tertiary/aromatic N) is 1. The summed E-state index contributed by atoms with van der Waals surface area (Å²) < 4.78 is 0. The highest BCUT2D eigenvalue weighted by molar-refractivity contribution is 9.09. The Bertz CT molecular complexity index is 207. The van der Waals surface area contributed by atoms with Gasteiger partial charge in [-0.2, -0.15) is 0 Å². The average Bonchev–Trinajstić information content (AvgIpc) is 1.98. The van der Waals surface area contributed by atoms with E-state index in [1.54, 1.807) is 5.06 Å². The summed E-state index contributed by atoms with van der Waals surface area (Å²) in [5.74, 6) is 0.539. The van der Waals surface area contributed by atoms with Crippen LogP contribution >= 0.6 is 15.9 Å². The topological polar surface area (TPSA) is 29.5 Å². The molecule has 0 aliphatic carbocycles. The van der Waals surface area contributed by atoms with E-state index in [4.69, 9.17) is 4.84 Å². The summed E-state index contributed by atoms with van der Waals surface area (Å²) >= 11 is 3.40. The number of halogens is 1. The molecule has 3 nitrogen and oxygen atoms in total. The number of carbonyl (C=O) groups excluding carboxylic acids is 1. The van der Waals surface area contributed by atoms with Gasteiger partial charge in [0.15, 0.2) is 0 Å². The Kier molecular flexibility index (Phi) is 3.95. The minimum absolute atomic E-state index is 0.144. The maximum Gasteiger partial charge on any atom is 0.330 e. The second-order valence-electron chi connectivity index (χ2n) is 4.82. The Balaban J connectivity index is 2.20. The average molecular weight is 264 g/mol. The lowest BCUT2D eigenvalue weighted by atomic mass is 9.97. The van der Waals surface area contributed by atoms with Gasteiger partial charge in [-0.05, 0) is 33.1 Å². The van der Waals surface area contributed by atoms with Crippen LogP contribution in [0, 0.1) is 11.3 Å². The molecule has 4 heteroatoms. The summed E-state index contributed by atoms with van der Waals surface area (Å²) in [4.78, 5) is 16.7. The molecule has 0 unspecified atom stereocenters. The zero-order valence-corrected chi connectivity index (χ0v) is 10.6. The van der Waals surface area contributed by atoms with Crippen molar-refractivity contribution in [3.8, 4) is 0 Å². The van der Waals surface area contributed by atoms with Gasteiger partial charge in [-0.25, -0.2) is 4.79 Å². The van der Waals surface area contributed by atoms with Crippen LogP contribution < -0.4 is 0 Å². The number of hydrogen-bond donors (Lipinski definition) is 0. The van der Waals surface area contributed by atoms with Crippen molar-refractivity contribution in [3.63, 3.8) is 0 Å². The highest BCUT2D eigenvalue weighted by Gasteiger charge is 2.32. The number of hydrogen-bond acceptors (Lipinski definition) is 3. The molecular weight excluding hydrogens is 246 g/mol. The van der Waals surface area contributed by atoms with Crippen LogP contribution in [0.5, 0.6) is 0 Å². The molecule has 0 bridgehead atoms. The Labute approximate surface area is 93.9 Å². The molecule has 0 saturated carbocycles. The lowest BCUT2D eigenvalue weighted by molar-refractivity contribution is -0.228. The summed E-state index contributed by atoms with van der Waals surface area (Å²) in [5.41, 5.74) is -0.402. The van der Waals surface area contributed by atoms with E-state index in [0.717, 1.165) is 24.8 Å². The van der Waals surface area contributed by atoms with Crippen LogP contribution in [-0.2, 0) is 9.63 Å². The van der Waals surface area contributed by atoms with E-state index in [-0.39, 0.29) is 5.97 Å². The summed E-state index contributed by atoms with van der Waals surface area (Å²) in [6.45, 7) is 7.36. The van der Waals surface area contributed by atoms with E-state index < -0.39 is 5.41 Å². The van der Waals surface area contributed by atoms with Gasteiger partial charge >= 0.3 is 5.97 Å². The molecule has 1 aliphatic heterocycles. The Morgan fingerprint density at radius 1 is 1.50 bits per heavy atom. The van der Waals surface area contributed by atoms with Crippen LogP contribution in [0.1, 0.15) is 27.2 Å². The van der Waals surface area contributed by atoms with Crippen LogP contribution in [-0.4, -0.2) is 29.5 Å². The van der Waals surface area contributed by atoms with Crippen LogP contribution in [0.15, 0.2) is 0 Å². The van der Waals surface area contributed by atoms with Crippen LogP contribution in [0.2, 0.25) is 0 Å². The first kappa shape index (κ1) is 12.0. The van der Waals surface area contributed by atoms with E-state index in [1.165, 1.54) is 0 Å². The van der Waals surface area contributed by atoms with Crippen molar-refractivity contribution >= 4 is 21.9 Å². The van der Waals surface area contributed by atoms with E-state index in [0.29, 0.717) is 5.92 Å². The first-order valence-electron chi connectivity index (χ1n) is 4.97. The van der Waals surface area contributed by atoms with Gasteiger partial charge in [0.25, 0.3) is 0 Å². The zero-order chi connectivity index (χ0) is 10.8. The highest BCUT2D eigenvalue weighted by Crippen LogP contribution is 2.23. The molecule has 0 atom stereocenters.